The first-order valence-electron chi connectivity index (χ1n) is 6.63. The Bertz CT molecular complexity index is 331. The topological polar surface area (TPSA) is 21.3 Å². The van der Waals surface area contributed by atoms with Crippen molar-refractivity contribution in [3.8, 4) is 5.75 Å². The van der Waals surface area contributed by atoms with Crippen LogP contribution in [0, 0.1) is 5.92 Å². The third-order valence-corrected chi connectivity index (χ3v) is 3.92. The van der Waals surface area contributed by atoms with Gasteiger partial charge in [0.1, 0.15) is 5.75 Å². The number of ether oxygens (including phenoxy) is 1. The highest BCUT2D eigenvalue weighted by molar-refractivity contribution is 5.30. The van der Waals surface area contributed by atoms with Crippen LogP contribution in [0.2, 0.25) is 0 Å². The van der Waals surface area contributed by atoms with Gasteiger partial charge in [0.25, 0.3) is 0 Å². The number of hydrogen-bond donors (Lipinski definition) is 1. The van der Waals surface area contributed by atoms with Crippen molar-refractivity contribution in [2.45, 2.75) is 31.6 Å². The number of benzene rings is 1. The molecule has 0 aliphatic heterocycles. The van der Waals surface area contributed by atoms with Crippen molar-refractivity contribution in [1.82, 2.24) is 5.32 Å². The number of rotatable bonds is 4. The van der Waals surface area contributed by atoms with Gasteiger partial charge in [-0.15, -0.1) is 0 Å². The zero-order valence-electron chi connectivity index (χ0n) is 10.9. The van der Waals surface area contributed by atoms with Crippen molar-refractivity contribution >= 4 is 0 Å². The minimum atomic E-state index is 0.724. The molecule has 1 saturated carbocycles. The van der Waals surface area contributed by atoms with Crippen LogP contribution in [0.25, 0.3) is 0 Å². The van der Waals surface area contributed by atoms with Crippen LogP contribution in [0.5, 0.6) is 5.75 Å². The molecule has 17 heavy (non-hydrogen) atoms. The second kappa shape index (κ2) is 6.06. The van der Waals surface area contributed by atoms with Crippen molar-refractivity contribution in [3.05, 3.63) is 29.8 Å². The summed E-state index contributed by atoms with van der Waals surface area (Å²) in [5.74, 6) is 2.47. The average Bonchev–Trinajstić information content (AvgIpc) is 2.40. The molecule has 0 spiro atoms. The Morgan fingerprint density at radius 2 is 1.88 bits per heavy atom. The smallest absolute Gasteiger partial charge is 0.118 e. The van der Waals surface area contributed by atoms with Gasteiger partial charge in [0.05, 0.1) is 7.11 Å². The van der Waals surface area contributed by atoms with Crippen LogP contribution in [-0.2, 0) is 0 Å². The molecule has 0 saturated heterocycles. The number of methoxy groups -OCH3 is 1. The Balaban J connectivity index is 2.11. The van der Waals surface area contributed by atoms with Gasteiger partial charge in [0.15, 0.2) is 0 Å². The van der Waals surface area contributed by atoms with Crippen molar-refractivity contribution in [2.75, 3.05) is 20.7 Å². The van der Waals surface area contributed by atoms with E-state index >= 15 is 0 Å². The molecule has 1 aliphatic rings. The summed E-state index contributed by atoms with van der Waals surface area (Å²) in [6.45, 7) is 1.14. The Morgan fingerprint density at radius 3 is 2.53 bits per heavy atom. The Morgan fingerprint density at radius 1 is 1.18 bits per heavy atom. The van der Waals surface area contributed by atoms with E-state index in [0.717, 1.165) is 24.1 Å². The van der Waals surface area contributed by atoms with Crippen molar-refractivity contribution in [3.63, 3.8) is 0 Å². The van der Waals surface area contributed by atoms with E-state index in [2.05, 4.69) is 36.6 Å². The molecule has 1 aliphatic carbocycles. The van der Waals surface area contributed by atoms with E-state index in [1.54, 1.807) is 7.11 Å². The molecule has 0 radical (unpaired) electrons. The largest absolute Gasteiger partial charge is 0.497 e. The SMILES string of the molecule is CNCC1CCCCC1c1ccc(OC)cc1. The molecule has 1 N–H and O–H groups in total. The highest BCUT2D eigenvalue weighted by Crippen LogP contribution is 2.37. The quantitative estimate of drug-likeness (QED) is 0.862. The van der Waals surface area contributed by atoms with E-state index < -0.39 is 0 Å². The molecule has 2 nitrogen and oxygen atoms in total. The summed E-state index contributed by atoms with van der Waals surface area (Å²) < 4.78 is 5.22. The predicted molar refractivity (Wildman–Crippen MR) is 71.6 cm³/mol. The summed E-state index contributed by atoms with van der Waals surface area (Å²) in [4.78, 5) is 0. The van der Waals surface area contributed by atoms with E-state index in [9.17, 15) is 0 Å². The molecule has 0 heterocycles. The lowest BCUT2D eigenvalue weighted by Gasteiger charge is -2.32. The first kappa shape index (κ1) is 12.4. The minimum absolute atomic E-state index is 0.724. The summed E-state index contributed by atoms with van der Waals surface area (Å²) in [6.07, 6.45) is 5.45. The maximum Gasteiger partial charge on any atom is 0.118 e. The molecule has 1 fully saturated rings. The predicted octanol–water partition coefficient (Wildman–Crippen LogP) is 3.19. The van der Waals surface area contributed by atoms with Gasteiger partial charge in [-0.2, -0.15) is 0 Å². The lowest BCUT2D eigenvalue weighted by molar-refractivity contribution is 0.301. The van der Waals surface area contributed by atoms with Crippen LogP contribution in [-0.4, -0.2) is 20.7 Å². The van der Waals surface area contributed by atoms with Crippen molar-refractivity contribution in [2.24, 2.45) is 5.92 Å². The summed E-state index contributed by atoms with van der Waals surface area (Å²) >= 11 is 0. The second-order valence-corrected chi connectivity index (χ2v) is 4.98. The van der Waals surface area contributed by atoms with Gasteiger partial charge in [-0.3, -0.25) is 0 Å². The van der Waals surface area contributed by atoms with E-state index in [4.69, 9.17) is 4.74 Å². The Labute approximate surface area is 104 Å². The lowest BCUT2D eigenvalue weighted by Crippen LogP contribution is -2.27. The summed E-state index contributed by atoms with van der Waals surface area (Å²) in [5.41, 5.74) is 1.48. The summed E-state index contributed by atoms with van der Waals surface area (Å²) in [6, 6.07) is 8.63. The van der Waals surface area contributed by atoms with Gasteiger partial charge in [-0.1, -0.05) is 25.0 Å². The van der Waals surface area contributed by atoms with Gasteiger partial charge in [-0.05, 0) is 56.0 Å². The van der Waals surface area contributed by atoms with Crippen LogP contribution in [0.4, 0.5) is 0 Å². The normalized spacial score (nSPS) is 24.6. The van der Waals surface area contributed by atoms with Gasteiger partial charge in [0.2, 0.25) is 0 Å². The van der Waals surface area contributed by atoms with Crippen LogP contribution < -0.4 is 10.1 Å². The molecule has 2 rings (SSSR count). The van der Waals surface area contributed by atoms with Crippen LogP contribution >= 0.6 is 0 Å². The van der Waals surface area contributed by atoms with Crippen LogP contribution in [0.1, 0.15) is 37.2 Å². The molecule has 1 aromatic rings. The van der Waals surface area contributed by atoms with E-state index in [0.29, 0.717) is 0 Å². The van der Waals surface area contributed by atoms with Crippen LogP contribution in [0.3, 0.4) is 0 Å². The first-order valence-corrected chi connectivity index (χ1v) is 6.63. The third-order valence-electron chi connectivity index (χ3n) is 3.92. The molecule has 2 atom stereocenters. The Hall–Kier alpha value is -1.02. The fourth-order valence-electron chi connectivity index (χ4n) is 3.00. The minimum Gasteiger partial charge on any atom is -0.497 e. The summed E-state index contributed by atoms with van der Waals surface area (Å²) in [7, 11) is 3.78. The number of hydrogen-bond acceptors (Lipinski definition) is 2. The maximum atomic E-state index is 5.22. The highest BCUT2D eigenvalue weighted by atomic mass is 16.5. The van der Waals surface area contributed by atoms with Gasteiger partial charge < -0.3 is 10.1 Å². The molecule has 94 valence electrons. The van der Waals surface area contributed by atoms with Crippen LogP contribution in [0.15, 0.2) is 24.3 Å². The molecular weight excluding hydrogens is 210 g/mol. The summed E-state index contributed by atoms with van der Waals surface area (Å²) in [5, 5.41) is 3.34. The molecule has 0 amide bonds. The highest BCUT2D eigenvalue weighted by Gasteiger charge is 2.25. The lowest BCUT2D eigenvalue weighted by atomic mass is 9.75. The van der Waals surface area contributed by atoms with Crippen molar-refractivity contribution < 1.29 is 4.74 Å². The fraction of sp³-hybridized carbons (Fsp3) is 0.600. The third kappa shape index (κ3) is 3.01. The average molecular weight is 233 g/mol. The van der Waals surface area contributed by atoms with E-state index in [-0.39, 0.29) is 0 Å². The van der Waals surface area contributed by atoms with E-state index in [1.807, 2.05) is 0 Å². The zero-order chi connectivity index (χ0) is 12.1. The molecule has 1 aromatic carbocycles. The van der Waals surface area contributed by atoms with Gasteiger partial charge >= 0.3 is 0 Å². The number of nitrogens with one attached hydrogen (secondary N) is 1. The molecular formula is C15H23NO. The maximum absolute atomic E-state index is 5.22. The van der Waals surface area contributed by atoms with Gasteiger partial charge in [0, 0.05) is 0 Å². The molecule has 2 unspecified atom stereocenters. The molecule has 0 aromatic heterocycles. The van der Waals surface area contributed by atoms with E-state index in [1.165, 1.54) is 31.2 Å². The second-order valence-electron chi connectivity index (χ2n) is 4.98. The fourth-order valence-corrected chi connectivity index (χ4v) is 3.00. The first-order chi connectivity index (χ1) is 8.35. The Kier molecular flexibility index (Phi) is 4.43. The van der Waals surface area contributed by atoms with Crippen molar-refractivity contribution in [1.29, 1.82) is 0 Å². The monoisotopic (exact) mass is 233 g/mol. The zero-order valence-corrected chi connectivity index (χ0v) is 10.9. The standard InChI is InChI=1S/C15H23NO/c1-16-11-13-5-3-4-6-15(13)12-7-9-14(17-2)10-8-12/h7-10,13,15-16H,3-6,11H2,1-2H3. The molecule has 0 bridgehead atoms. The van der Waals surface area contributed by atoms with Gasteiger partial charge in [-0.25, -0.2) is 0 Å². The molecule has 2 heteroatoms.